The maximum Gasteiger partial charge on any atom is 0.345 e. The van der Waals surface area contributed by atoms with Crippen LogP contribution in [0.2, 0.25) is 0 Å². The van der Waals surface area contributed by atoms with Gasteiger partial charge in [0.15, 0.2) is 0 Å². The van der Waals surface area contributed by atoms with Gasteiger partial charge in [-0.15, -0.1) is 11.3 Å². The van der Waals surface area contributed by atoms with Crippen LogP contribution in [0.3, 0.4) is 0 Å². The lowest BCUT2D eigenvalue weighted by molar-refractivity contribution is 0.0702. The Labute approximate surface area is 115 Å². The second-order valence-electron chi connectivity index (χ2n) is 3.83. The van der Waals surface area contributed by atoms with Crippen LogP contribution in [0.25, 0.3) is 0 Å². The topological polar surface area (TPSA) is 118 Å². The van der Waals surface area contributed by atoms with Crippen LogP contribution in [0.1, 0.15) is 16.1 Å². The number of nitrogens with one attached hydrogen (secondary N) is 1. The Hall–Kier alpha value is -0.970. The number of rotatable bonds is 7. The number of carboxylic acid groups (broad SMARTS) is 1. The third-order valence-electron chi connectivity index (χ3n) is 2.08. The maximum absolute atomic E-state index is 11.7. The number of carboxylic acids is 1. The zero-order chi connectivity index (χ0) is 14.7. The first kappa shape index (κ1) is 16.1. The highest BCUT2D eigenvalue weighted by Crippen LogP contribution is 2.18. The van der Waals surface area contributed by atoms with Crippen molar-refractivity contribution in [1.29, 1.82) is 0 Å². The summed E-state index contributed by atoms with van der Waals surface area (Å²) < 4.78 is 47.4. The van der Waals surface area contributed by atoms with Crippen molar-refractivity contribution < 1.29 is 26.7 Å². The minimum Gasteiger partial charge on any atom is -0.477 e. The average Bonchev–Trinajstić information content (AvgIpc) is 2.73. The lowest BCUT2D eigenvalue weighted by Crippen LogP contribution is -2.25. The fraction of sp³-hybridized carbons (Fsp3) is 0.444. The molecule has 19 heavy (non-hydrogen) atoms. The Kier molecular flexibility index (Phi) is 5.07. The quantitative estimate of drug-likeness (QED) is 0.689. The molecule has 108 valence electrons. The number of sulfone groups is 1. The summed E-state index contributed by atoms with van der Waals surface area (Å²) in [6.45, 7) is -0.0202. The van der Waals surface area contributed by atoms with Gasteiger partial charge >= 0.3 is 5.97 Å². The molecule has 0 aliphatic heterocycles. The Balaban J connectivity index is 2.63. The van der Waals surface area contributed by atoms with E-state index < -0.39 is 25.8 Å². The second-order valence-corrected chi connectivity index (χ2v) is 8.77. The Morgan fingerprint density at radius 1 is 1.37 bits per heavy atom. The summed E-state index contributed by atoms with van der Waals surface area (Å²) in [5.74, 6) is -1.30. The van der Waals surface area contributed by atoms with Crippen LogP contribution in [0.15, 0.2) is 16.3 Å². The minimum absolute atomic E-state index is 0.0202. The number of carbonyl (C=O) groups is 1. The monoisotopic (exact) mass is 327 g/mol. The van der Waals surface area contributed by atoms with E-state index in [4.69, 9.17) is 5.11 Å². The predicted octanol–water partition coefficient (Wildman–Crippen LogP) is 0.159. The van der Waals surface area contributed by atoms with E-state index in [0.717, 1.165) is 23.7 Å². The van der Waals surface area contributed by atoms with E-state index >= 15 is 0 Å². The summed E-state index contributed by atoms with van der Waals surface area (Å²) in [6.07, 6.45) is 1.23. The molecule has 0 bridgehead atoms. The molecular formula is C9H13NO6S3. The van der Waals surface area contributed by atoms with Gasteiger partial charge in [0.05, 0.1) is 10.6 Å². The standard InChI is InChI=1S/C9H13NO6S3/c1-18(13,14)4-2-3-10-19(15,16)7-5-8(9(11)12)17-6-7/h5-6,10H,2-4H2,1H3,(H,11,12). The molecule has 1 heterocycles. The molecule has 0 radical (unpaired) electrons. The number of sulfonamides is 1. The zero-order valence-corrected chi connectivity index (χ0v) is 12.4. The van der Waals surface area contributed by atoms with Crippen LogP contribution in [0, 0.1) is 0 Å². The second kappa shape index (κ2) is 5.99. The van der Waals surface area contributed by atoms with E-state index in [1.54, 1.807) is 0 Å². The van der Waals surface area contributed by atoms with Gasteiger partial charge in [0.2, 0.25) is 10.0 Å². The molecule has 10 heteroatoms. The smallest absolute Gasteiger partial charge is 0.345 e. The van der Waals surface area contributed by atoms with Crippen molar-refractivity contribution >= 4 is 37.2 Å². The summed E-state index contributed by atoms with van der Waals surface area (Å²) in [4.78, 5) is 10.4. The van der Waals surface area contributed by atoms with E-state index in [2.05, 4.69) is 4.72 Å². The molecule has 0 unspecified atom stereocenters. The van der Waals surface area contributed by atoms with E-state index in [-0.39, 0.29) is 28.5 Å². The molecule has 0 saturated heterocycles. The van der Waals surface area contributed by atoms with Crippen molar-refractivity contribution in [1.82, 2.24) is 4.72 Å². The molecule has 0 amide bonds. The first-order valence-corrected chi connectivity index (χ1v) is 9.53. The highest BCUT2D eigenvalue weighted by atomic mass is 32.2. The lowest BCUT2D eigenvalue weighted by atomic mass is 10.5. The first-order valence-electron chi connectivity index (χ1n) is 5.11. The van der Waals surface area contributed by atoms with Crippen molar-refractivity contribution in [2.24, 2.45) is 0 Å². The molecule has 0 aliphatic rings. The van der Waals surface area contributed by atoms with Gasteiger partial charge in [-0.3, -0.25) is 0 Å². The molecule has 0 aliphatic carbocycles. The summed E-state index contributed by atoms with van der Waals surface area (Å²) in [5.41, 5.74) is 0. The molecule has 1 rings (SSSR count). The van der Waals surface area contributed by atoms with Crippen molar-refractivity contribution in [3.05, 3.63) is 16.3 Å². The van der Waals surface area contributed by atoms with E-state index in [0.29, 0.717) is 0 Å². The SMILES string of the molecule is CS(=O)(=O)CCCNS(=O)(=O)c1csc(C(=O)O)c1. The predicted molar refractivity (Wildman–Crippen MR) is 70.8 cm³/mol. The molecule has 2 N–H and O–H groups in total. The number of hydrogen-bond acceptors (Lipinski definition) is 6. The Morgan fingerprint density at radius 2 is 2.00 bits per heavy atom. The van der Waals surface area contributed by atoms with E-state index in [1.165, 1.54) is 5.38 Å². The highest BCUT2D eigenvalue weighted by Gasteiger charge is 2.18. The molecule has 0 fully saturated rings. The van der Waals surface area contributed by atoms with E-state index in [9.17, 15) is 21.6 Å². The summed E-state index contributed by atoms with van der Waals surface area (Å²) in [6, 6.07) is 1.06. The van der Waals surface area contributed by atoms with Crippen molar-refractivity contribution in [2.45, 2.75) is 11.3 Å². The zero-order valence-electron chi connectivity index (χ0n) is 9.99. The summed E-state index contributed by atoms with van der Waals surface area (Å²) >= 11 is 0.813. The van der Waals surface area contributed by atoms with Crippen molar-refractivity contribution in [3.63, 3.8) is 0 Å². The lowest BCUT2D eigenvalue weighted by Gasteiger charge is -2.04. The molecule has 0 atom stereocenters. The maximum atomic E-state index is 11.7. The normalized spacial score (nSPS) is 12.5. The van der Waals surface area contributed by atoms with Gasteiger partial charge in [0.1, 0.15) is 14.7 Å². The highest BCUT2D eigenvalue weighted by molar-refractivity contribution is 7.90. The van der Waals surface area contributed by atoms with Gasteiger partial charge in [-0.2, -0.15) is 0 Å². The molecule has 1 aromatic heterocycles. The minimum atomic E-state index is -3.79. The van der Waals surface area contributed by atoms with Gasteiger partial charge < -0.3 is 5.11 Å². The average molecular weight is 327 g/mol. The van der Waals surface area contributed by atoms with Gasteiger partial charge in [-0.1, -0.05) is 0 Å². The molecule has 0 spiro atoms. The van der Waals surface area contributed by atoms with Crippen LogP contribution in [-0.4, -0.2) is 46.5 Å². The van der Waals surface area contributed by atoms with Crippen LogP contribution >= 0.6 is 11.3 Å². The summed E-state index contributed by atoms with van der Waals surface area (Å²) in [7, 11) is -6.91. The van der Waals surface area contributed by atoms with Crippen LogP contribution < -0.4 is 4.72 Å². The number of thiophene rings is 1. The molecular weight excluding hydrogens is 314 g/mol. The number of aromatic carboxylic acids is 1. The largest absolute Gasteiger partial charge is 0.477 e. The molecule has 0 saturated carbocycles. The van der Waals surface area contributed by atoms with E-state index in [1.807, 2.05) is 0 Å². The molecule has 0 aromatic carbocycles. The summed E-state index contributed by atoms with van der Waals surface area (Å²) in [5, 5.41) is 9.92. The van der Waals surface area contributed by atoms with Gasteiger partial charge in [-0.05, 0) is 12.5 Å². The fourth-order valence-electron chi connectivity index (χ4n) is 1.20. The van der Waals surface area contributed by atoms with Crippen molar-refractivity contribution in [3.8, 4) is 0 Å². The first-order chi connectivity index (χ1) is 8.62. The van der Waals surface area contributed by atoms with Crippen LogP contribution in [-0.2, 0) is 19.9 Å². The van der Waals surface area contributed by atoms with Crippen molar-refractivity contribution in [2.75, 3.05) is 18.6 Å². The van der Waals surface area contributed by atoms with Crippen LogP contribution in [0.4, 0.5) is 0 Å². The van der Waals surface area contributed by atoms with Gasteiger partial charge in [-0.25, -0.2) is 26.4 Å². The molecule has 7 nitrogen and oxygen atoms in total. The third-order valence-corrected chi connectivity index (χ3v) is 5.62. The van der Waals surface area contributed by atoms with Gasteiger partial charge in [0, 0.05) is 18.2 Å². The Bertz CT molecular complexity index is 658. The molecule has 1 aromatic rings. The fourth-order valence-corrected chi connectivity index (χ4v) is 4.05. The number of hydrogen-bond donors (Lipinski definition) is 2. The van der Waals surface area contributed by atoms with Gasteiger partial charge in [0.25, 0.3) is 0 Å². The Morgan fingerprint density at radius 3 is 2.47 bits per heavy atom. The third kappa shape index (κ3) is 5.27. The van der Waals surface area contributed by atoms with Crippen LogP contribution in [0.5, 0.6) is 0 Å².